The highest BCUT2D eigenvalue weighted by Crippen LogP contribution is 2.43. The Kier molecular flexibility index (Phi) is 4.73. The van der Waals surface area contributed by atoms with Gasteiger partial charge >= 0.3 is 0 Å². The fourth-order valence-electron chi connectivity index (χ4n) is 3.84. The van der Waals surface area contributed by atoms with Gasteiger partial charge in [0.25, 0.3) is 5.91 Å². The lowest BCUT2D eigenvalue weighted by molar-refractivity contribution is -0.136. The van der Waals surface area contributed by atoms with Crippen molar-refractivity contribution in [3.63, 3.8) is 0 Å². The molecule has 3 aromatic rings. The van der Waals surface area contributed by atoms with Crippen molar-refractivity contribution in [3.8, 4) is 0 Å². The van der Waals surface area contributed by atoms with Crippen LogP contribution in [0.3, 0.4) is 0 Å². The molecule has 1 heterocycles. The highest BCUT2D eigenvalue weighted by molar-refractivity contribution is 6.06. The van der Waals surface area contributed by atoms with Crippen LogP contribution in [0.4, 0.5) is 10.1 Å². The predicted octanol–water partition coefficient (Wildman–Crippen LogP) is 4.50. The number of aliphatic hydroxyl groups is 1. The second-order valence-electron chi connectivity index (χ2n) is 7.32. The van der Waals surface area contributed by atoms with Crippen molar-refractivity contribution in [1.29, 1.82) is 0 Å². The number of aryl methyl sites for hydroxylation is 2. The van der Waals surface area contributed by atoms with E-state index in [0.29, 0.717) is 18.5 Å². The zero-order valence-electron chi connectivity index (χ0n) is 15.7. The van der Waals surface area contributed by atoms with Gasteiger partial charge in [0.2, 0.25) is 0 Å². The Bertz CT molecular complexity index is 1020. The normalized spacial score (nSPS) is 18.4. The summed E-state index contributed by atoms with van der Waals surface area (Å²) in [6.07, 6.45) is 0.730. The van der Waals surface area contributed by atoms with E-state index in [4.69, 9.17) is 0 Å². The zero-order chi connectivity index (χ0) is 19.7. The molecule has 0 saturated carbocycles. The molecule has 1 atom stereocenters. The molecule has 0 aromatic heterocycles. The van der Waals surface area contributed by atoms with Gasteiger partial charge in [-0.2, -0.15) is 0 Å². The molecule has 0 saturated heterocycles. The predicted molar refractivity (Wildman–Crippen MR) is 107 cm³/mol. The van der Waals surface area contributed by atoms with Crippen molar-refractivity contribution < 1.29 is 14.3 Å². The highest BCUT2D eigenvalue weighted by atomic mass is 19.1. The van der Waals surface area contributed by atoms with Gasteiger partial charge in [-0.25, -0.2) is 4.39 Å². The maximum absolute atomic E-state index is 13.3. The van der Waals surface area contributed by atoms with Crippen LogP contribution in [-0.2, 0) is 23.4 Å². The number of nitrogens with zero attached hydrogens (tertiary/aromatic N) is 1. The van der Waals surface area contributed by atoms with Crippen LogP contribution in [0.15, 0.2) is 72.8 Å². The van der Waals surface area contributed by atoms with E-state index >= 15 is 0 Å². The molecular weight excluding hydrogens is 353 g/mol. The van der Waals surface area contributed by atoms with Crippen molar-refractivity contribution >= 4 is 11.6 Å². The van der Waals surface area contributed by atoms with Crippen LogP contribution in [0.5, 0.6) is 0 Å². The molecule has 0 bridgehead atoms. The number of para-hydroxylation sites is 1. The van der Waals surface area contributed by atoms with E-state index in [-0.39, 0.29) is 18.1 Å². The number of benzene rings is 3. The number of hydrogen-bond acceptors (Lipinski definition) is 2. The van der Waals surface area contributed by atoms with Crippen LogP contribution >= 0.6 is 0 Å². The number of fused-ring (bicyclic) bond motifs is 1. The molecule has 0 aliphatic carbocycles. The summed E-state index contributed by atoms with van der Waals surface area (Å²) in [5.74, 6) is -0.603. The van der Waals surface area contributed by atoms with Gasteiger partial charge in [0.1, 0.15) is 5.82 Å². The van der Waals surface area contributed by atoms with Crippen molar-refractivity contribution in [3.05, 3.63) is 101 Å². The first-order chi connectivity index (χ1) is 13.5. The van der Waals surface area contributed by atoms with Crippen molar-refractivity contribution in [2.45, 2.75) is 31.9 Å². The van der Waals surface area contributed by atoms with Gasteiger partial charge in [-0.15, -0.1) is 0 Å². The first-order valence-corrected chi connectivity index (χ1v) is 9.42. The molecule has 0 spiro atoms. The zero-order valence-corrected chi connectivity index (χ0v) is 15.7. The summed E-state index contributed by atoms with van der Waals surface area (Å²) in [6, 6.07) is 21.5. The fourth-order valence-corrected chi connectivity index (χ4v) is 3.84. The van der Waals surface area contributed by atoms with Gasteiger partial charge in [0, 0.05) is 5.56 Å². The van der Waals surface area contributed by atoms with Gasteiger partial charge in [-0.05, 0) is 54.7 Å². The van der Waals surface area contributed by atoms with Crippen LogP contribution in [0.25, 0.3) is 0 Å². The first kappa shape index (κ1) is 18.4. The minimum Gasteiger partial charge on any atom is -0.375 e. The molecule has 1 N–H and O–H groups in total. The Labute approximate surface area is 164 Å². The summed E-state index contributed by atoms with van der Waals surface area (Å²) in [4.78, 5) is 15.0. The average molecular weight is 375 g/mol. The van der Waals surface area contributed by atoms with Gasteiger partial charge in [0.05, 0.1) is 12.2 Å². The molecule has 1 amide bonds. The second kappa shape index (κ2) is 7.21. The number of carbonyl (C=O) groups is 1. The lowest BCUT2D eigenvalue weighted by atomic mass is 9.89. The van der Waals surface area contributed by atoms with Gasteiger partial charge in [0.15, 0.2) is 5.60 Å². The standard InChI is InChI=1S/C24H22FNO2/c1-17-6-2-3-7-19(17)16-26-22-9-5-4-8-21(22)24(28,23(26)27)15-14-18-10-12-20(25)13-11-18/h2-13,28H,14-16H2,1H3. The van der Waals surface area contributed by atoms with E-state index in [0.717, 1.165) is 22.4 Å². The third-order valence-corrected chi connectivity index (χ3v) is 5.52. The Morgan fingerprint density at radius 1 is 0.964 bits per heavy atom. The average Bonchev–Trinajstić information content (AvgIpc) is 2.92. The lowest BCUT2D eigenvalue weighted by Gasteiger charge is -2.24. The molecule has 3 nitrogen and oxygen atoms in total. The molecule has 1 aliphatic heterocycles. The number of rotatable bonds is 5. The van der Waals surface area contributed by atoms with Crippen molar-refractivity contribution in [2.75, 3.05) is 4.90 Å². The molecule has 0 fully saturated rings. The Hall–Kier alpha value is -2.98. The van der Waals surface area contributed by atoms with Crippen LogP contribution in [-0.4, -0.2) is 11.0 Å². The third kappa shape index (κ3) is 3.20. The lowest BCUT2D eigenvalue weighted by Crippen LogP contribution is -2.40. The monoisotopic (exact) mass is 375 g/mol. The highest BCUT2D eigenvalue weighted by Gasteiger charge is 2.49. The Morgan fingerprint density at radius 3 is 2.39 bits per heavy atom. The SMILES string of the molecule is Cc1ccccc1CN1C(=O)C(O)(CCc2ccc(F)cc2)c2ccccc21. The van der Waals surface area contributed by atoms with E-state index in [1.807, 2.05) is 55.5 Å². The maximum Gasteiger partial charge on any atom is 0.264 e. The third-order valence-electron chi connectivity index (χ3n) is 5.52. The largest absolute Gasteiger partial charge is 0.375 e. The first-order valence-electron chi connectivity index (χ1n) is 9.42. The van der Waals surface area contributed by atoms with Crippen LogP contribution in [0, 0.1) is 12.7 Å². The minimum absolute atomic E-state index is 0.249. The minimum atomic E-state index is -1.58. The summed E-state index contributed by atoms with van der Waals surface area (Å²) in [7, 11) is 0. The Balaban J connectivity index is 1.64. The van der Waals surface area contributed by atoms with E-state index < -0.39 is 5.60 Å². The van der Waals surface area contributed by atoms with E-state index in [1.54, 1.807) is 17.0 Å². The molecule has 1 unspecified atom stereocenters. The Morgan fingerprint density at radius 2 is 1.64 bits per heavy atom. The maximum atomic E-state index is 13.3. The fraction of sp³-hybridized carbons (Fsp3) is 0.208. The van der Waals surface area contributed by atoms with Gasteiger partial charge in [-0.1, -0.05) is 54.6 Å². The van der Waals surface area contributed by atoms with E-state index in [1.165, 1.54) is 12.1 Å². The number of hydrogen-bond donors (Lipinski definition) is 1. The summed E-state index contributed by atoms with van der Waals surface area (Å²) >= 11 is 0. The molecule has 3 aromatic carbocycles. The van der Waals surface area contributed by atoms with Crippen LogP contribution < -0.4 is 4.90 Å². The number of halogens is 1. The van der Waals surface area contributed by atoms with Crippen LogP contribution in [0.1, 0.15) is 28.7 Å². The van der Waals surface area contributed by atoms with Gasteiger partial charge < -0.3 is 10.0 Å². The summed E-state index contributed by atoms with van der Waals surface area (Å²) in [5.41, 5.74) is 2.85. The number of carbonyl (C=O) groups excluding carboxylic acids is 1. The second-order valence-corrected chi connectivity index (χ2v) is 7.32. The van der Waals surface area contributed by atoms with Crippen LogP contribution in [0.2, 0.25) is 0 Å². The quantitative estimate of drug-likeness (QED) is 0.713. The molecular formula is C24H22FNO2. The smallest absolute Gasteiger partial charge is 0.264 e. The molecule has 4 heteroatoms. The molecule has 28 heavy (non-hydrogen) atoms. The number of amides is 1. The van der Waals surface area contributed by atoms with Crippen molar-refractivity contribution in [1.82, 2.24) is 0 Å². The molecule has 142 valence electrons. The molecule has 0 radical (unpaired) electrons. The summed E-state index contributed by atoms with van der Waals surface area (Å²) in [6.45, 7) is 2.43. The van der Waals surface area contributed by atoms with E-state index in [9.17, 15) is 14.3 Å². The molecule has 1 aliphatic rings. The van der Waals surface area contributed by atoms with Crippen molar-refractivity contribution in [2.24, 2.45) is 0 Å². The topological polar surface area (TPSA) is 40.5 Å². The summed E-state index contributed by atoms with van der Waals surface area (Å²) < 4.78 is 13.1. The summed E-state index contributed by atoms with van der Waals surface area (Å²) in [5, 5.41) is 11.4. The van der Waals surface area contributed by atoms with Gasteiger partial charge in [-0.3, -0.25) is 4.79 Å². The number of anilines is 1. The van der Waals surface area contributed by atoms with E-state index in [2.05, 4.69) is 0 Å². The molecule has 4 rings (SSSR count).